The molecule has 0 spiro atoms. The van der Waals surface area contributed by atoms with E-state index in [0.29, 0.717) is 18.8 Å². The van der Waals surface area contributed by atoms with Crippen LogP contribution in [0.15, 0.2) is 48.5 Å². The third-order valence-electron chi connectivity index (χ3n) is 5.51. The molecular formula is C21H21N3O2. The molecule has 2 unspecified atom stereocenters. The maximum Gasteiger partial charge on any atom is 0.256 e. The quantitative estimate of drug-likeness (QED) is 0.770. The number of nitrogens with zero attached hydrogens (tertiary/aromatic N) is 2. The van der Waals surface area contributed by atoms with Crippen LogP contribution in [-0.2, 0) is 4.74 Å². The molecule has 2 saturated heterocycles. The molecule has 26 heavy (non-hydrogen) atoms. The molecule has 1 amide bonds. The number of morpholine rings is 1. The second kappa shape index (κ2) is 6.25. The number of rotatable bonds is 2. The van der Waals surface area contributed by atoms with Gasteiger partial charge in [0, 0.05) is 5.56 Å². The highest BCUT2D eigenvalue weighted by Crippen LogP contribution is 2.31. The summed E-state index contributed by atoms with van der Waals surface area (Å²) in [6.07, 6.45) is 3.22. The Bertz CT molecular complexity index is 928. The highest BCUT2D eigenvalue weighted by molar-refractivity contribution is 6.05. The number of hydrogen-bond donors (Lipinski definition) is 1. The summed E-state index contributed by atoms with van der Waals surface area (Å²) in [4.78, 5) is 23.6. The zero-order valence-corrected chi connectivity index (χ0v) is 14.5. The van der Waals surface area contributed by atoms with Crippen LogP contribution in [0.2, 0.25) is 0 Å². The Labute approximate surface area is 152 Å². The first-order chi connectivity index (χ1) is 12.8. The van der Waals surface area contributed by atoms with Gasteiger partial charge in [0.2, 0.25) is 0 Å². The Kier molecular flexibility index (Phi) is 3.75. The van der Waals surface area contributed by atoms with E-state index in [0.717, 1.165) is 35.3 Å². The van der Waals surface area contributed by atoms with Gasteiger partial charge in [-0.15, -0.1) is 0 Å². The number of carbonyl (C=O) groups is 1. The van der Waals surface area contributed by atoms with E-state index < -0.39 is 0 Å². The zero-order chi connectivity index (χ0) is 17.5. The number of hydrogen-bond acceptors (Lipinski definition) is 3. The van der Waals surface area contributed by atoms with Crippen molar-refractivity contribution in [2.24, 2.45) is 0 Å². The number of amides is 1. The summed E-state index contributed by atoms with van der Waals surface area (Å²) in [5.41, 5.74) is 3.35. The molecule has 0 radical (unpaired) electrons. The number of H-pyrrole nitrogens is 1. The van der Waals surface area contributed by atoms with Gasteiger partial charge < -0.3 is 14.6 Å². The maximum absolute atomic E-state index is 13.4. The normalized spacial score (nSPS) is 22.5. The van der Waals surface area contributed by atoms with Gasteiger partial charge in [-0.1, -0.05) is 36.4 Å². The molecule has 1 aromatic heterocycles. The molecular weight excluding hydrogens is 326 g/mol. The molecule has 2 aliphatic heterocycles. The van der Waals surface area contributed by atoms with Gasteiger partial charge in [0.25, 0.3) is 5.91 Å². The fourth-order valence-electron chi connectivity index (χ4n) is 4.24. The maximum atomic E-state index is 13.4. The lowest BCUT2D eigenvalue weighted by atomic mass is 9.93. The lowest BCUT2D eigenvalue weighted by Crippen LogP contribution is -2.57. The molecule has 2 fully saturated rings. The number of benzene rings is 2. The minimum atomic E-state index is 0.0831. The van der Waals surface area contributed by atoms with Crippen LogP contribution in [0, 0.1) is 0 Å². The van der Waals surface area contributed by atoms with Gasteiger partial charge in [-0.25, -0.2) is 4.98 Å². The SMILES string of the molecule is O=C(c1cccc2[nH]c(-c3ccccc3)nc12)N1C2CCCC1COC2. The Morgan fingerprint density at radius 1 is 1.04 bits per heavy atom. The number of carbonyl (C=O) groups excluding carboxylic acids is 1. The van der Waals surface area contributed by atoms with Crippen LogP contribution in [-0.4, -0.2) is 46.1 Å². The molecule has 5 nitrogen and oxygen atoms in total. The van der Waals surface area contributed by atoms with Crippen molar-refractivity contribution in [1.29, 1.82) is 0 Å². The number of para-hydroxylation sites is 1. The zero-order valence-electron chi connectivity index (χ0n) is 14.5. The molecule has 0 saturated carbocycles. The highest BCUT2D eigenvalue weighted by atomic mass is 16.5. The van der Waals surface area contributed by atoms with Crippen LogP contribution in [0.3, 0.4) is 0 Å². The summed E-state index contributed by atoms with van der Waals surface area (Å²) >= 11 is 0. The Hall–Kier alpha value is -2.66. The van der Waals surface area contributed by atoms with Crippen LogP contribution in [0.25, 0.3) is 22.4 Å². The molecule has 3 heterocycles. The van der Waals surface area contributed by atoms with Gasteiger partial charge in [-0.3, -0.25) is 4.79 Å². The molecule has 2 atom stereocenters. The molecule has 0 aliphatic carbocycles. The summed E-state index contributed by atoms with van der Waals surface area (Å²) < 4.78 is 5.69. The van der Waals surface area contributed by atoms with Crippen LogP contribution < -0.4 is 0 Å². The van der Waals surface area contributed by atoms with Gasteiger partial charge in [0.1, 0.15) is 11.3 Å². The average molecular weight is 347 g/mol. The summed E-state index contributed by atoms with van der Waals surface area (Å²) in [7, 11) is 0. The van der Waals surface area contributed by atoms with Crippen LogP contribution in [0.1, 0.15) is 29.6 Å². The Morgan fingerprint density at radius 2 is 1.81 bits per heavy atom. The molecule has 2 aliphatic rings. The Balaban J connectivity index is 1.56. The van der Waals surface area contributed by atoms with Crippen LogP contribution in [0.4, 0.5) is 0 Å². The predicted octanol–water partition coefficient (Wildman–Crippen LogP) is 3.62. The molecule has 5 heteroatoms. The summed E-state index contributed by atoms with van der Waals surface area (Å²) in [5.74, 6) is 0.878. The minimum absolute atomic E-state index is 0.0831. The predicted molar refractivity (Wildman–Crippen MR) is 99.9 cm³/mol. The molecule has 2 aromatic carbocycles. The lowest BCUT2D eigenvalue weighted by molar-refractivity contribution is -0.0565. The van der Waals surface area contributed by atoms with E-state index in [-0.39, 0.29) is 18.0 Å². The van der Waals surface area contributed by atoms with E-state index >= 15 is 0 Å². The lowest BCUT2D eigenvalue weighted by Gasteiger charge is -2.45. The average Bonchev–Trinajstić information content (AvgIpc) is 3.12. The molecule has 3 aromatic rings. The van der Waals surface area contributed by atoms with E-state index in [1.165, 1.54) is 6.42 Å². The Morgan fingerprint density at radius 3 is 2.58 bits per heavy atom. The van der Waals surface area contributed by atoms with Gasteiger partial charge >= 0.3 is 0 Å². The smallest absolute Gasteiger partial charge is 0.256 e. The van der Waals surface area contributed by atoms with Gasteiger partial charge in [0.05, 0.1) is 36.4 Å². The van der Waals surface area contributed by atoms with Crippen molar-refractivity contribution in [3.8, 4) is 11.4 Å². The fraction of sp³-hybridized carbons (Fsp3) is 0.333. The second-order valence-electron chi connectivity index (χ2n) is 7.14. The van der Waals surface area contributed by atoms with Crippen LogP contribution in [0.5, 0.6) is 0 Å². The van der Waals surface area contributed by atoms with Crippen LogP contribution >= 0.6 is 0 Å². The van der Waals surface area contributed by atoms with Crippen molar-refractivity contribution in [2.75, 3.05) is 13.2 Å². The van der Waals surface area contributed by atoms with E-state index in [1.807, 2.05) is 48.5 Å². The number of ether oxygens (including phenoxy) is 1. The monoisotopic (exact) mass is 347 g/mol. The van der Waals surface area contributed by atoms with Gasteiger partial charge in [-0.05, 0) is 31.4 Å². The van der Waals surface area contributed by atoms with E-state index in [9.17, 15) is 4.79 Å². The first-order valence-electron chi connectivity index (χ1n) is 9.26. The highest BCUT2D eigenvalue weighted by Gasteiger charge is 2.38. The number of piperidine rings is 1. The number of nitrogens with one attached hydrogen (secondary N) is 1. The molecule has 5 rings (SSSR count). The molecule has 1 N–H and O–H groups in total. The largest absolute Gasteiger partial charge is 0.377 e. The number of fused-ring (bicyclic) bond motifs is 3. The third-order valence-corrected chi connectivity index (χ3v) is 5.51. The van der Waals surface area contributed by atoms with Crippen molar-refractivity contribution in [3.05, 3.63) is 54.1 Å². The summed E-state index contributed by atoms with van der Waals surface area (Å²) in [6.45, 7) is 1.29. The first kappa shape index (κ1) is 15.6. The molecule has 2 bridgehead atoms. The minimum Gasteiger partial charge on any atom is -0.377 e. The van der Waals surface area contributed by atoms with Crippen molar-refractivity contribution in [2.45, 2.75) is 31.3 Å². The standard InChI is InChI=1S/C21H21N3O2/c25-21(24-15-8-4-9-16(24)13-26-12-15)17-10-5-11-18-19(17)23-20(22-18)14-6-2-1-3-7-14/h1-3,5-7,10-11,15-16H,4,8-9,12-13H2,(H,22,23). The van der Waals surface area contributed by atoms with Gasteiger partial charge in [-0.2, -0.15) is 0 Å². The number of imidazole rings is 1. The number of aromatic nitrogens is 2. The molecule has 132 valence electrons. The summed E-state index contributed by atoms with van der Waals surface area (Å²) in [6, 6.07) is 16.2. The van der Waals surface area contributed by atoms with Crippen molar-refractivity contribution in [3.63, 3.8) is 0 Å². The van der Waals surface area contributed by atoms with E-state index in [1.54, 1.807) is 0 Å². The second-order valence-corrected chi connectivity index (χ2v) is 7.14. The topological polar surface area (TPSA) is 58.2 Å². The third kappa shape index (κ3) is 2.51. The van der Waals surface area contributed by atoms with Gasteiger partial charge in [0.15, 0.2) is 0 Å². The number of aromatic amines is 1. The van der Waals surface area contributed by atoms with E-state index in [4.69, 9.17) is 9.72 Å². The summed E-state index contributed by atoms with van der Waals surface area (Å²) in [5, 5.41) is 0. The fourth-order valence-corrected chi connectivity index (χ4v) is 4.24. The first-order valence-corrected chi connectivity index (χ1v) is 9.26. The van der Waals surface area contributed by atoms with Crippen molar-refractivity contribution in [1.82, 2.24) is 14.9 Å². The van der Waals surface area contributed by atoms with Crippen molar-refractivity contribution >= 4 is 16.9 Å². The van der Waals surface area contributed by atoms with Crippen molar-refractivity contribution < 1.29 is 9.53 Å². The van der Waals surface area contributed by atoms with E-state index in [2.05, 4.69) is 9.88 Å².